The molecule has 0 spiro atoms. The second-order valence-corrected chi connectivity index (χ2v) is 6.53. The smallest absolute Gasteiger partial charge is 0.341 e. The molecule has 0 bridgehead atoms. The van der Waals surface area contributed by atoms with Gasteiger partial charge in [0.1, 0.15) is 17.5 Å². The summed E-state index contributed by atoms with van der Waals surface area (Å²) in [6, 6.07) is 4.47. The summed E-state index contributed by atoms with van der Waals surface area (Å²) in [5.41, 5.74) is -0.966. The fourth-order valence-corrected chi connectivity index (χ4v) is 2.41. The van der Waals surface area contributed by atoms with Crippen molar-refractivity contribution in [3.63, 3.8) is 0 Å². The van der Waals surface area contributed by atoms with Crippen molar-refractivity contribution in [3.05, 3.63) is 59.4 Å². The molecule has 0 heterocycles. The second-order valence-electron chi connectivity index (χ2n) is 4.97. The minimum Gasteiger partial charge on any atom is -0.452 e. The number of ether oxygens (including phenoxy) is 1. The number of carbonyl (C=O) groups excluding carboxylic acids is 2. The molecule has 0 radical (unpaired) electrons. The van der Waals surface area contributed by atoms with E-state index in [1.165, 1.54) is 0 Å². The van der Waals surface area contributed by atoms with Gasteiger partial charge in [-0.25, -0.2) is 31.5 Å². The SMILES string of the molecule is NS(=O)(=O)c1ccc(F)c(C(=O)OCC(=O)Nc2cc(F)cc(F)c2)c1. The van der Waals surface area contributed by atoms with Crippen molar-refractivity contribution >= 4 is 27.6 Å². The van der Waals surface area contributed by atoms with Crippen LogP contribution in [-0.4, -0.2) is 26.9 Å². The molecule has 1 amide bonds. The monoisotopic (exact) mass is 388 g/mol. The van der Waals surface area contributed by atoms with Crippen LogP contribution in [0.15, 0.2) is 41.3 Å². The first-order chi connectivity index (χ1) is 12.1. The molecule has 138 valence electrons. The van der Waals surface area contributed by atoms with E-state index in [9.17, 15) is 31.2 Å². The number of nitrogens with one attached hydrogen (secondary N) is 1. The van der Waals surface area contributed by atoms with Crippen molar-refractivity contribution in [3.8, 4) is 0 Å². The third-order valence-electron chi connectivity index (χ3n) is 2.97. The number of halogens is 3. The number of rotatable bonds is 5. The lowest BCUT2D eigenvalue weighted by molar-refractivity contribution is -0.119. The summed E-state index contributed by atoms with van der Waals surface area (Å²) in [6.07, 6.45) is 0. The summed E-state index contributed by atoms with van der Waals surface area (Å²) in [4.78, 5) is 22.9. The van der Waals surface area contributed by atoms with Gasteiger partial charge >= 0.3 is 5.97 Å². The van der Waals surface area contributed by atoms with Crippen molar-refractivity contribution in [1.29, 1.82) is 0 Å². The summed E-state index contributed by atoms with van der Waals surface area (Å²) in [6.45, 7) is -0.907. The van der Waals surface area contributed by atoms with E-state index < -0.39 is 56.4 Å². The summed E-state index contributed by atoms with van der Waals surface area (Å²) in [7, 11) is -4.18. The van der Waals surface area contributed by atoms with Gasteiger partial charge in [0.15, 0.2) is 6.61 Å². The van der Waals surface area contributed by atoms with Crippen LogP contribution in [-0.2, 0) is 19.6 Å². The van der Waals surface area contributed by atoms with Crippen molar-refractivity contribution in [2.45, 2.75) is 4.90 Å². The number of benzene rings is 2. The van der Waals surface area contributed by atoms with Crippen molar-refractivity contribution in [1.82, 2.24) is 0 Å². The number of hydrogen-bond acceptors (Lipinski definition) is 5. The third kappa shape index (κ3) is 5.04. The molecule has 26 heavy (non-hydrogen) atoms. The Bertz CT molecular complexity index is 959. The molecular formula is C15H11F3N2O5S. The molecule has 0 saturated carbocycles. The van der Waals surface area contributed by atoms with Crippen LogP contribution in [0.5, 0.6) is 0 Å². The normalized spacial score (nSPS) is 11.1. The van der Waals surface area contributed by atoms with Crippen LogP contribution in [0.25, 0.3) is 0 Å². The maximum Gasteiger partial charge on any atom is 0.341 e. The quantitative estimate of drug-likeness (QED) is 0.754. The van der Waals surface area contributed by atoms with Crippen LogP contribution >= 0.6 is 0 Å². The number of anilines is 1. The summed E-state index contributed by atoms with van der Waals surface area (Å²) in [5, 5.41) is 6.96. The predicted octanol–water partition coefficient (Wildman–Crippen LogP) is 1.55. The van der Waals surface area contributed by atoms with Gasteiger partial charge in [-0.2, -0.15) is 0 Å². The highest BCUT2D eigenvalue weighted by Gasteiger charge is 2.19. The van der Waals surface area contributed by atoms with Gasteiger partial charge in [0.05, 0.1) is 10.5 Å². The van der Waals surface area contributed by atoms with E-state index in [-0.39, 0.29) is 5.69 Å². The largest absolute Gasteiger partial charge is 0.452 e. The lowest BCUT2D eigenvalue weighted by Gasteiger charge is -2.08. The van der Waals surface area contributed by atoms with Gasteiger partial charge in [0, 0.05) is 11.8 Å². The molecule has 0 fully saturated rings. The molecule has 0 aliphatic rings. The van der Waals surface area contributed by atoms with Crippen molar-refractivity contribution in [2.75, 3.05) is 11.9 Å². The Morgan fingerprint density at radius 1 is 1.04 bits per heavy atom. The van der Waals surface area contributed by atoms with Crippen LogP contribution in [0, 0.1) is 17.5 Å². The average molecular weight is 388 g/mol. The van der Waals surface area contributed by atoms with Gasteiger partial charge in [0.2, 0.25) is 10.0 Å². The molecule has 2 aromatic carbocycles. The van der Waals surface area contributed by atoms with Crippen LogP contribution in [0.4, 0.5) is 18.9 Å². The van der Waals surface area contributed by atoms with Crippen molar-refractivity contribution < 1.29 is 35.9 Å². The first-order valence-electron chi connectivity index (χ1n) is 6.81. The number of amides is 1. The maximum atomic E-state index is 13.6. The Morgan fingerprint density at radius 2 is 1.65 bits per heavy atom. The summed E-state index contributed by atoms with van der Waals surface area (Å²) in [5.74, 6) is -5.23. The number of esters is 1. The van der Waals surface area contributed by atoms with Crippen LogP contribution < -0.4 is 10.5 Å². The van der Waals surface area contributed by atoms with Gasteiger partial charge in [0.25, 0.3) is 5.91 Å². The topological polar surface area (TPSA) is 116 Å². The van der Waals surface area contributed by atoms with Crippen LogP contribution in [0.2, 0.25) is 0 Å². The van der Waals surface area contributed by atoms with E-state index in [2.05, 4.69) is 10.1 Å². The highest BCUT2D eigenvalue weighted by molar-refractivity contribution is 7.89. The number of primary sulfonamides is 1. The average Bonchev–Trinajstić information content (AvgIpc) is 2.51. The molecule has 2 rings (SSSR count). The molecule has 0 aromatic heterocycles. The lowest BCUT2D eigenvalue weighted by atomic mass is 10.2. The molecular weight excluding hydrogens is 377 g/mol. The van der Waals surface area contributed by atoms with E-state index in [1.807, 2.05) is 0 Å². The maximum absolute atomic E-state index is 13.6. The fraction of sp³-hybridized carbons (Fsp3) is 0.0667. The molecule has 3 N–H and O–H groups in total. The molecule has 2 aromatic rings. The van der Waals surface area contributed by atoms with E-state index in [1.54, 1.807) is 0 Å². The number of hydrogen-bond donors (Lipinski definition) is 2. The number of carbonyl (C=O) groups is 2. The number of nitrogens with two attached hydrogens (primary N) is 1. The third-order valence-corrected chi connectivity index (χ3v) is 3.88. The summed E-state index contributed by atoms with van der Waals surface area (Å²) >= 11 is 0. The van der Waals surface area contributed by atoms with Crippen LogP contribution in [0.1, 0.15) is 10.4 Å². The van der Waals surface area contributed by atoms with Gasteiger partial charge < -0.3 is 10.1 Å². The first kappa shape index (κ1) is 19.4. The molecule has 0 aliphatic heterocycles. The minimum atomic E-state index is -4.18. The van der Waals surface area contributed by atoms with E-state index in [4.69, 9.17) is 5.14 Å². The van der Waals surface area contributed by atoms with E-state index in [0.29, 0.717) is 18.2 Å². The molecule has 7 nitrogen and oxygen atoms in total. The Hall–Kier alpha value is -2.92. The Balaban J connectivity index is 2.05. The minimum absolute atomic E-state index is 0.217. The molecule has 0 saturated heterocycles. The lowest BCUT2D eigenvalue weighted by Crippen LogP contribution is -2.22. The predicted molar refractivity (Wildman–Crippen MR) is 83.0 cm³/mol. The Morgan fingerprint density at radius 3 is 2.23 bits per heavy atom. The highest BCUT2D eigenvalue weighted by atomic mass is 32.2. The fourth-order valence-electron chi connectivity index (χ4n) is 1.87. The zero-order chi connectivity index (χ0) is 19.5. The standard InChI is InChI=1S/C15H11F3N2O5S/c16-8-3-9(17)5-10(4-8)20-14(21)7-25-15(22)12-6-11(26(19,23)24)1-2-13(12)18/h1-6H,7H2,(H,20,21)(H2,19,23,24). The highest BCUT2D eigenvalue weighted by Crippen LogP contribution is 2.16. The van der Waals surface area contributed by atoms with Gasteiger partial charge in [-0.1, -0.05) is 0 Å². The van der Waals surface area contributed by atoms with E-state index >= 15 is 0 Å². The summed E-state index contributed by atoms with van der Waals surface area (Å²) < 4.78 is 66.7. The van der Waals surface area contributed by atoms with Gasteiger partial charge in [-0.05, 0) is 30.3 Å². The molecule has 0 unspecified atom stereocenters. The first-order valence-corrected chi connectivity index (χ1v) is 8.36. The molecule has 11 heteroatoms. The van der Waals surface area contributed by atoms with E-state index in [0.717, 1.165) is 18.2 Å². The van der Waals surface area contributed by atoms with Crippen molar-refractivity contribution in [2.24, 2.45) is 5.14 Å². The molecule has 0 atom stereocenters. The second kappa shape index (κ2) is 7.54. The van der Waals surface area contributed by atoms with Gasteiger partial charge in [-0.3, -0.25) is 4.79 Å². The Kier molecular flexibility index (Phi) is 5.63. The molecule has 0 aliphatic carbocycles. The van der Waals surface area contributed by atoms with Gasteiger partial charge in [-0.15, -0.1) is 0 Å². The Labute approximate surface area is 145 Å². The van der Waals surface area contributed by atoms with Crippen LogP contribution in [0.3, 0.4) is 0 Å². The zero-order valence-corrected chi connectivity index (χ0v) is 13.6. The zero-order valence-electron chi connectivity index (χ0n) is 12.8. The number of sulfonamides is 1.